The van der Waals surface area contributed by atoms with Gasteiger partial charge in [0.25, 0.3) is 0 Å². The lowest BCUT2D eigenvalue weighted by Crippen LogP contribution is -2.27. The largest absolute Gasteiger partial charge is 0.481 e. The van der Waals surface area contributed by atoms with Gasteiger partial charge in [-0.1, -0.05) is 13.8 Å². The average Bonchev–Trinajstić information content (AvgIpc) is 2.29. The van der Waals surface area contributed by atoms with Crippen LogP contribution in [0.15, 0.2) is 29.2 Å². The Labute approximate surface area is 107 Å². The normalized spacial score (nSPS) is 12.5. The summed E-state index contributed by atoms with van der Waals surface area (Å²) in [5, 5.41) is 12.2. The van der Waals surface area contributed by atoms with E-state index in [9.17, 15) is 4.79 Å². The first-order valence-electron chi connectivity index (χ1n) is 5.65. The van der Waals surface area contributed by atoms with Crippen LogP contribution >= 0.6 is 11.8 Å². The molecule has 1 aromatic rings. The summed E-state index contributed by atoms with van der Waals surface area (Å²) in [5.74, 6) is -0.964. The number of carboxylic acids is 1. The van der Waals surface area contributed by atoms with Gasteiger partial charge in [0.1, 0.15) is 0 Å². The van der Waals surface area contributed by atoms with E-state index in [0.29, 0.717) is 6.54 Å². The van der Waals surface area contributed by atoms with Gasteiger partial charge in [-0.3, -0.25) is 4.79 Å². The van der Waals surface area contributed by atoms with Crippen molar-refractivity contribution in [2.75, 3.05) is 18.1 Å². The van der Waals surface area contributed by atoms with Gasteiger partial charge in [-0.15, -0.1) is 11.8 Å². The van der Waals surface area contributed by atoms with Crippen LogP contribution in [0.25, 0.3) is 0 Å². The van der Waals surface area contributed by atoms with E-state index in [1.165, 1.54) is 4.90 Å². The van der Waals surface area contributed by atoms with Crippen molar-refractivity contribution in [3.63, 3.8) is 0 Å². The Hall–Kier alpha value is -1.16. The molecule has 0 aromatic heterocycles. The van der Waals surface area contributed by atoms with E-state index >= 15 is 0 Å². The third-order valence-electron chi connectivity index (χ3n) is 2.74. The Balaban J connectivity index is 2.56. The van der Waals surface area contributed by atoms with Crippen molar-refractivity contribution in [2.45, 2.75) is 18.7 Å². The molecule has 1 unspecified atom stereocenters. The summed E-state index contributed by atoms with van der Waals surface area (Å²) in [7, 11) is 0. The van der Waals surface area contributed by atoms with Crippen LogP contribution in [-0.2, 0) is 4.79 Å². The van der Waals surface area contributed by atoms with Crippen LogP contribution in [-0.4, -0.2) is 23.9 Å². The summed E-state index contributed by atoms with van der Waals surface area (Å²) >= 11 is 1.69. The van der Waals surface area contributed by atoms with E-state index in [-0.39, 0.29) is 11.8 Å². The summed E-state index contributed by atoms with van der Waals surface area (Å²) in [6, 6.07) is 8.01. The Morgan fingerprint density at radius 2 is 1.94 bits per heavy atom. The summed E-state index contributed by atoms with van der Waals surface area (Å²) in [6.45, 7) is 4.32. The number of hydrogen-bond acceptors (Lipinski definition) is 3. The topological polar surface area (TPSA) is 49.3 Å². The molecule has 17 heavy (non-hydrogen) atoms. The van der Waals surface area contributed by atoms with Crippen molar-refractivity contribution in [2.24, 2.45) is 11.8 Å². The number of thioether (sulfide) groups is 1. The predicted molar refractivity (Wildman–Crippen MR) is 72.7 cm³/mol. The molecular weight excluding hydrogens is 234 g/mol. The average molecular weight is 253 g/mol. The summed E-state index contributed by atoms with van der Waals surface area (Å²) < 4.78 is 0. The van der Waals surface area contributed by atoms with Crippen LogP contribution in [0, 0.1) is 11.8 Å². The smallest absolute Gasteiger partial charge is 0.308 e. The fourth-order valence-corrected chi connectivity index (χ4v) is 1.95. The Kier molecular flexibility index (Phi) is 5.35. The van der Waals surface area contributed by atoms with Gasteiger partial charge in [-0.25, -0.2) is 0 Å². The fourth-order valence-electron chi connectivity index (χ4n) is 1.54. The minimum atomic E-state index is -0.742. The van der Waals surface area contributed by atoms with Crippen molar-refractivity contribution in [1.82, 2.24) is 0 Å². The number of benzene rings is 1. The molecule has 0 aliphatic heterocycles. The van der Waals surface area contributed by atoms with Crippen LogP contribution in [0.4, 0.5) is 5.69 Å². The minimum Gasteiger partial charge on any atom is -0.481 e. The summed E-state index contributed by atoms with van der Waals surface area (Å²) in [4.78, 5) is 12.2. The molecule has 0 spiro atoms. The number of carboxylic acid groups (broad SMARTS) is 1. The summed E-state index contributed by atoms with van der Waals surface area (Å²) in [5.41, 5.74) is 0.967. The van der Waals surface area contributed by atoms with E-state index in [4.69, 9.17) is 5.11 Å². The fraction of sp³-hybridized carbons (Fsp3) is 0.462. The molecule has 2 N–H and O–H groups in total. The maximum Gasteiger partial charge on any atom is 0.308 e. The maximum absolute atomic E-state index is 11.0. The quantitative estimate of drug-likeness (QED) is 0.764. The van der Waals surface area contributed by atoms with Gasteiger partial charge in [0.2, 0.25) is 0 Å². The molecule has 0 aliphatic carbocycles. The Morgan fingerprint density at radius 3 is 2.35 bits per heavy atom. The highest BCUT2D eigenvalue weighted by atomic mass is 32.2. The van der Waals surface area contributed by atoms with Gasteiger partial charge < -0.3 is 10.4 Å². The van der Waals surface area contributed by atoms with Crippen molar-refractivity contribution < 1.29 is 9.90 Å². The minimum absolute atomic E-state index is 0.130. The van der Waals surface area contributed by atoms with Gasteiger partial charge in [-0.05, 0) is 36.4 Å². The third kappa shape index (κ3) is 4.30. The number of rotatable bonds is 6. The molecule has 0 aliphatic rings. The van der Waals surface area contributed by atoms with Gasteiger partial charge in [-0.2, -0.15) is 0 Å². The van der Waals surface area contributed by atoms with Crippen molar-refractivity contribution in [3.05, 3.63) is 24.3 Å². The molecule has 4 heteroatoms. The van der Waals surface area contributed by atoms with Crippen molar-refractivity contribution in [3.8, 4) is 0 Å². The van der Waals surface area contributed by atoms with Crippen LogP contribution in [0.5, 0.6) is 0 Å². The second kappa shape index (κ2) is 6.55. The number of nitrogens with one attached hydrogen (secondary N) is 1. The van der Waals surface area contributed by atoms with Crippen LogP contribution in [0.3, 0.4) is 0 Å². The lowest BCUT2D eigenvalue weighted by molar-refractivity contribution is -0.142. The molecule has 1 atom stereocenters. The molecule has 3 nitrogen and oxygen atoms in total. The van der Waals surface area contributed by atoms with Gasteiger partial charge in [0.15, 0.2) is 0 Å². The van der Waals surface area contributed by atoms with Crippen molar-refractivity contribution >= 4 is 23.4 Å². The number of carbonyl (C=O) groups is 1. The van der Waals surface area contributed by atoms with E-state index < -0.39 is 5.97 Å². The highest BCUT2D eigenvalue weighted by Crippen LogP contribution is 2.18. The van der Waals surface area contributed by atoms with Crippen LogP contribution in [0.1, 0.15) is 13.8 Å². The highest BCUT2D eigenvalue weighted by Gasteiger charge is 2.20. The number of anilines is 1. The molecule has 0 saturated heterocycles. The Morgan fingerprint density at radius 1 is 1.35 bits per heavy atom. The predicted octanol–water partition coefficient (Wildman–Crippen LogP) is 3.18. The SMILES string of the molecule is CSc1ccc(NCC(C(=O)O)C(C)C)cc1. The zero-order valence-electron chi connectivity index (χ0n) is 10.4. The molecule has 0 heterocycles. The van der Waals surface area contributed by atoms with Gasteiger partial charge in [0, 0.05) is 17.1 Å². The van der Waals surface area contributed by atoms with Crippen LogP contribution in [0.2, 0.25) is 0 Å². The first kappa shape index (κ1) is 13.9. The molecule has 0 bridgehead atoms. The monoisotopic (exact) mass is 253 g/mol. The number of aliphatic carboxylic acids is 1. The molecule has 0 radical (unpaired) electrons. The number of hydrogen-bond donors (Lipinski definition) is 2. The van der Waals surface area contributed by atoms with E-state index in [2.05, 4.69) is 5.32 Å². The Bertz CT molecular complexity index is 362. The lowest BCUT2D eigenvalue weighted by atomic mass is 9.96. The van der Waals surface area contributed by atoms with Gasteiger partial charge in [0.05, 0.1) is 5.92 Å². The zero-order valence-corrected chi connectivity index (χ0v) is 11.3. The summed E-state index contributed by atoms with van der Waals surface area (Å²) in [6.07, 6.45) is 2.03. The molecule has 1 rings (SSSR count). The third-order valence-corrected chi connectivity index (χ3v) is 3.48. The van der Waals surface area contributed by atoms with Gasteiger partial charge >= 0.3 is 5.97 Å². The highest BCUT2D eigenvalue weighted by molar-refractivity contribution is 7.98. The lowest BCUT2D eigenvalue weighted by Gasteiger charge is -2.17. The molecule has 0 saturated carbocycles. The van der Waals surface area contributed by atoms with Crippen molar-refractivity contribution in [1.29, 1.82) is 0 Å². The molecule has 0 amide bonds. The van der Waals surface area contributed by atoms with E-state index in [1.54, 1.807) is 11.8 Å². The molecular formula is C13H19NO2S. The molecule has 1 aromatic carbocycles. The first-order valence-corrected chi connectivity index (χ1v) is 6.87. The van der Waals surface area contributed by atoms with E-state index in [0.717, 1.165) is 5.69 Å². The van der Waals surface area contributed by atoms with E-state index in [1.807, 2.05) is 44.4 Å². The maximum atomic E-state index is 11.0. The molecule has 94 valence electrons. The first-order chi connectivity index (χ1) is 8.04. The zero-order chi connectivity index (χ0) is 12.8. The van der Waals surface area contributed by atoms with Crippen LogP contribution < -0.4 is 5.32 Å². The second-order valence-corrected chi connectivity index (χ2v) is 5.18. The molecule has 0 fully saturated rings. The standard InChI is InChI=1S/C13H19NO2S/c1-9(2)12(13(15)16)8-14-10-4-6-11(17-3)7-5-10/h4-7,9,12,14H,8H2,1-3H3,(H,15,16). The second-order valence-electron chi connectivity index (χ2n) is 4.30.